The molecule has 1 aliphatic rings. The smallest absolute Gasteiger partial charge is 0.177 e. The number of hydrogen-bond donors (Lipinski definition) is 1. The van der Waals surface area contributed by atoms with Crippen LogP contribution in [0.2, 0.25) is 0 Å². The molecule has 214 valence electrons. The Bertz CT molecular complexity index is 2380. The van der Waals surface area contributed by atoms with Crippen LogP contribution in [0, 0.1) is 0 Å². The van der Waals surface area contributed by atoms with Crippen LogP contribution < -0.4 is 15.2 Å². The van der Waals surface area contributed by atoms with Crippen molar-refractivity contribution < 1.29 is 0 Å². The molecule has 0 radical (unpaired) electrons. The highest BCUT2D eigenvalue weighted by atomic mass is 32.1. The largest absolute Gasteiger partial charge is 0.292 e. The lowest BCUT2D eigenvalue weighted by atomic mass is 10.0. The van der Waals surface area contributed by atoms with E-state index in [-0.39, 0.29) is 0 Å². The Morgan fingerprint density at radius 3 is 1.80 bits per heavy atom. The summed E-state index contributed by atoms with van der Waals surface area (Å²) < 4.78 is 2.40. The van der Waals surface area contributed by atoms with Gasteiger partial charge in [-0.25, -0.2) is 0 Å². The zero-order valence-corrected chi connectivity index (χ0v) is 25.5. The summed E-state index contributed by atoms with van der Waals surface area (Å²) in [7, 11) is 0. The van der Waals surface area contributed by atoms with Gasteiger partial charge in [-0.1, -0.05) is 78.9 Å². The van der Waals surface area contributed by atoms with E-state index < -0.39 is 0 Å². The molecule has 0 spiro atoms. The van der Waals surface area contributed by atoms with Crippen LogP contribution >= 0.6 is 22.7 Å². The Hall–Kier alpha value is -5.57. The minimum atomic E-state index is 0.637. The molecule has 5 aromatic carbocycles. The van der Waals surface area contributed by atoms with Crippen LogP contribution in [0.4, 0.5) is 34.4 Å². The van der Waals surface area contributed by atoms with Gasteiger partial charge < -0.3 is 0 Å². The zero-order chi connectivity index (χ0) is 29.7. The van der Waals surface area contributed by atoms with E-state index in [0.29, 0.717) is 5.82 Å². The van der Waals surface area contributed by atoms with Crippen LogP contribution in [0.3, 0.4) is 0 Å². The SMILES string of the molecule is c1ccc(N(C2=NNc3nnc(N(c4ccccc4)c4cccc5ccsc45)c4cccc2c34)c2cccc3ccsc23)cc1. The van der Waals surface area contributed by atoms with Crippen LogP contribution in [0.15, 0.2) is 143 Å². The Morgan fingerprint density at radius 2 is 1.13 bits per heavy atom. The van der Waals surface area contributed by atoms with Crippen LogP contribution in [0.25, 0.3) is 30.9 Å². The van der Waals surface area contributed by atoms with Crippen molar-refractivity contribution >= 4 is 93.8 Å². The highest BCUT2D eigenvalue weighted by Gasteiger charge is 2.29. The van der Waals surface area contributed by atoms with Gasteiger partial charge in [-0.2, -0.15) is 5.10 Å². The minimum absolute atomic E-state index is 0.637. The molecule has 0 bridgehead atoms. The summed E-state index contributed by atoms with van der Waals surface area (Å²) in [5, 5.41) is 23.2. The molecule has 9 rings (SSSR count). The fourth-order valence-electron chi connectivity index (χ4n) is 6.17. The zero-order valence-electron chi connectivity index (χ0n) is 23.8. The Morgan fingerprint density at radius 1 is 0.533 bits per heavy atom. The second-order valence-corrected chi connectivity index (χ2v) is 12.6. The molecule has 0 amide bonds. The fourth-order valence-corrected chi connectivity index (χ4v) is 7.98. The van der Waals surface area contributed by atoms with Crippen molar-refractivity contribution in [2.24, 2.45) is 5.10 Å². The number of nitrogens with one attached hydrogen (secondary N) is 1. The Labute approximate surface area is 267 Å². The van der Waals surface area contributed by atoms with E-state index in [0.717, 1.165) is 50.7 Å². The second-order valence-electron chi connectivity index (χ2n) is 10.7. The van der Waals surface area contributed by atoms with Gasteiger partial charge in [-0.05, 0) is 70.1 Å². The highest BCUT2D eigenvalue weighted by Crippen LogP contribution is 2.45. The molecule has 1 N–H and O–H groups in total. The maximum Gasteiger partial charge on any atom is 0.177 e. The van der Waals surface area contributed by atoms with E-state index in [4.69, 9.17) is 15.3 Å². The maximum atomic E-state index is 4.95. The number of aromatic nitrogens is 2. The number of amidine groups is 1. The number of hydrazone groups is 1. The third-order valence-electron chi connectivity index (χ3n) is 8.15. The van der Waals surface area contributed by atoms with Crippen LogP contribution in [0.5, 0.6) is 0 Å². The average Bonchev–Trinajstić information content (AvgIpc) is 3.79. The van der Waals surface area contributed by atoms with E-state index in [1.165, 1.54) is 20.2 Å². The molecule has 45 heavy (non-hydrogen) atoms. The maximum absolute atomic E-state index is 4.95. The van der Waals surface area contributed by atoms with Gasteiger partial charge in [0, 0.05) is 27.7 Å². The summed E-state index contributed by atoms with van der Waals surface area (Å²) in [6.45, 7) is 0. The molecule has 0 saturated carbocycles. The summed E-state index contributed by atoms with van der Waals surface area (Å²) in [6, 6.07) is 44.3. The molecule has 0 saturated heterocycles. The van der Waals surface area contributed by atoms with Gasteiger partial charge >= 0.3 is 0 Å². The summed E-state index contributed by atoms with van der Waals surface area (Å²) in [5.74, 6) is 2.20. The van der Waals surface area contributed by atoms with Gasteiger partial charge in [0.25, 0.3) is 0 Å². The predicted octanol–water partition coefficient (Wildman–Crippen LogP) is 10.5. The number of hydrogen-bond acceptors (Lipinski definition) is 8. The van der Waals surface area contributed by atoms with Crippen LogP contribution in [-0.4, -0.2) is 16.0 Å². The lowest BCUT2D eigenvalue weighted by molar-refractivity contribution is 1.01. The van der Waals surface area contributed by atoms with E-state index in [9.17, 15) is 0 Å². The molecule has 8 heteroatoms. The average molecular weight is 617 g/mol. The van der Waals surface area contributed by atoms with E-state index >= 15 is 0 Å². The first-order valence-corrected chi connectivity index (χ1v) is 16.4. The molecule has 0 atom stereocenters. The molecular formula is C37H24N6S2. The Balaban J connectivity index is 1.29. The molecule has 1 aliphatic heterocycles. The highest BCUT2D eigenvalue weighted by molar-refractivity contribution is 7.18. The van der Waals surface area contributed by atoms with Gasteiger partial charge in [0.05, 0.1) is 20.8 Å². The quantitative estimate of drug-likeness (QED) is 0.208. The number of rotatable bonds is 5. The normalized spacial score (nSPS) is 12.3. The van der Waals surface area contributed by atoms with Crippen molar-refractivity contribution in [3.63, 3.8) is 0 Å². The van der Waals surface area contributed by atoms with Gasteiger partial charge in [-0.3, -0.25) is 15.2 Å². The number of para-hydroxylation sites is 2. The van der Waals surface area contributed by atoms with Crippen molar-refractivity contribution in [2.45, 2.75) is 0 Å². The molecule has 8 aromatic rings. The summed E-state index contributed by atoms with van der Waals surface area (Å²) in [6.07, 6.45) is 0. The van der Waals surface area contributed by atoms with E-state index in [1.54, 1.807) is 22.7 Å². The lowest BCUT2D eigenvalue weighted by Crippen LogP contribution is -2.30. The topological polar surface area (TPSA) is 56.6 Å². The molecule has 0 unspecified atom stereocenters. The third kappa shape index (κ3) is 4.18. The molecule has 0 aliphatic carbocycles. The van der Waals surface area contributed by atoms with Crippen LogP contribution in [-0.2, 0) is 0 Å². The van der Waals surface area contributed by atoms with Crippen molar-refractivity contribution in [3.8, 4) is 0 Å². The van der Waals surface area contributed by atoms with E-state index in [2.05, 4.69) is 141 Å². The number of thiophene rings is 2. The molecule has 3 aromatic heterocycles. The van der Waals surface area contributed by atoms with Crippen molar-refractivity contribution in [3.05, 3.63) is 144 Å². The first kappa shape index (κ1) is 25.9. The summed E-state index contributed by atoms with van der Waals surface area (Å²) in [5.41, 5.74) is 8.44. The summed E-state index contributed by atoms with van der Waals surface area (Å²) >= 11 is 3.47. The molecule has 6 nitrogen and oxygen atoms in total. The van der Waals surface area contributed by atoms with Crippen molar-refractivity contribution in [1.29, 1.82) is 0 Å². The van der Waals surface area contributed by atoms with Gasteiger partial charge in [0.2, 0.25) is 0 Å². The Kier molecular flexibility index (Phi) is 6.07. The molecule has 0 fully saturated rings. The second kappa shape index (κ2) is 10.6. The van der Waals surface area contributed by atoms with Crippen LogP contribution in [0.1, 0.15) is 5.56 Å². The number of benzene rings is 5. The van der Waals surface area contributed by atoms with Crippen molar-refractivity contribution in [2.75, 3.05) is 15.2 Å². The van der Waals surface area contributed by atoms with Gasteiger partial charge in [0.15, 0.2) is 17.5 Å². The fraction of sp³-hybridized carbons (Fsp3) is 0. The molecule has 4 heterocycles. The molecular weight excluding hydrogens is 593 g/mol. The number of nitrogens with zero attached hydrogens (tertiary/aromatic N) is 5. The first-order valence-electron chi connectivity index (χ1n) is 14.6. The minimum Gasteiger partial charge on any atom is -0.292 e. The van der Waals surface area contributed by atoms with Crippen molar-refractivity contribution in [1.82, 2.24) is 10.2 Å². The first-order chi connectivity index (χ1) is 22.3. The number of anilines is 6. The standard InChI is InChI=1S/C37H24N6S2/c1-3-12-26(13-4-1)42(30-18-7-10-24-20-22-44-33(24)30)36-28-16-9-17-29-32(28)35(38-40-36)39-41-37(29)43(27-14-5-2-6-15-27)31-19-8-11-25-21-23-45-34(25)31/h1-23H,(H,38,39). The van der Waals surface area contributed by atoms with Gasteiger partial charge in [-0.15, -0.1) is 32.9 Å². The third-order valence-corrected chi connectivity index (χ3v) is 10.1. The number of fused-ring (bicyclic) bond motifs is 2. The van der Waals surface area contributed by atoms with E-state index in [1.807, 2.05) is 12.1 Å². The predicted molar refractivity (Wildman–Crippen MR) is 190 cm³/mol. The monoisotopic (exact) mass is 616 g/mol. The lowest BCUT2D eigenvalue weighted by Gasteiger charge is -2.31. The van der Waals surface area contributed by atoms with Gasteiger partial charge in [0.1, 0.15) is 0 Å². The summed E-state index contributed by atoms with van der Waals surface area (Å²) in [4.78, 5) is 4.46.